The third-order valence-electron chi connectivity index (χ3n) is 4.45. The van der Waals surface area contributed by atoms with Crippen LogP contribution in [0.2, 0.25) is 0 Å². The summed E-state index contributed by atoms with van der Waals surface area (Å²) in [4.78, 5) is 46.6. The van der Waals surface area contributed by atoms with E-state index in [-0.39, 0.29) is 29.0 Å². The highest BCUT2D eigenvalue weighted by molar-refractivity contribution is 5.99. The molecule has 3 rings (SSSR count). The number of halogens is 1. The molecule has 0 aromatic heterocycles. The summed E-state index contributed by atoms with van der Waals surface area (Å²) >= 11 is 0. The Kier molecular flexibility index (Phi) is 6.61. The van der Waals surface area contributed by atoms with Crippen molar-refractivity contribution in [1.29, 1.82) is 0 Å². The smallest absolute Gasteiger partial charge is 0.338 e. The lowest BCUT2D eigenvalue weighted by Crippen LogP contribution is -2.14. The van der Waals surface area contributed by atoms with E-state index in [9.17, 15) is 28.9 Å². The van der Waals surface area contributed by atoms with E-state index >= 15 is 0 Å². The molecule has 0 N–H and O–H groups in total. The molecule has 0 atom stereocenters. The molecule has 3 aromatic carbocycles. The monoisotopic (exact) mass is 421 g/mol. The number of benzene rings is 3. The molecule has 0 aliphatic heterocycles. The van der Waals surface area contributed by atoms with Crippen LogP contribution < -0.4 is 0 Å². The topological polar surface area (TPSA) is 104 Å². The second-order valence-corrected chi connectivity index (χ2v) is 6.61. The van der Waals surface area contributed by atoms with E-state index in [2.05, 4.69) is 0 Å². The van der Waals surface area contributed by atoms with Gasteiger partial charge in [-0.15, -0.1) is 0 Å². The SMILES string of the molecule is O=C(COC(=O)c1ccc(CC(=O)c2ccc([N+](=O)[O-])cc2)cc1)c1ccc(F)cc1. The van der Waals surface area contributed by atoms with Gasteiger partial charge in [-0.3, -0.25) is 19.7 Å². The number of hydrogen-bond donors (Lipinski definition) is 0. The summed E-state index contributed by atoms with van der Waals surface area (Å²) in [7, 11) is 0. The van der Waals surface area contributed by atoms with Crippen molar-refractivity contribution in [3.63, 3.8) is 0 Å². The highest BCUT2D eigenvalue weighted by Gasteiger charge is 2.14. The Balaban J connectivity index is 1.55. The molecule has 3 aromatic rings. The summed E-state index contributed by atoms with van der Waals surface area (Å²) < 4.78 is 17.9. The van der Waals surface area contributed by atoms with Gasteiger partial charge in [0.15, 0.2) is 18.2 Å². The molecule has 0 radical (unpaired) electrons. The average Bonchev–Trinajstić information content (AvgIpc) is 2.78. The normalized spacial score (nSPS) is 10.4. The summed E-state index contributed by atoms with van der Waals surface area (Å²) in [5.74, 6) is -1.86. The first-order chi connectivity index (χ1) is 14.8. The van der Waals surface area contributed by atoms with E-state index in [1.165, 1.54) is 48.5 Å². The number of nitro benzene ring substituents is 1. The average molecular weight is 421 g/mol. The van der Waals surface area contributed by atoms with Crippen molar-refractivity contribution >= 4 is 23.2 Å². The molecule has 0 spiro atoms. The van der Waals surface area contributed by atoms with Crippen LogP contribution in [0, 0.1) is 15.9 Å². The van der Waals surface area contributed by atoms with Crippen molar-refractivity contribution in [3.8, 4) is 0 Å². The Morgan fingerprint density at radius 1 is 0.774 bits per heavy atom. The van der Waals surface area contributed by atoms with E-state index in [0.29, 0.717) is 11.1 Å². The van der Waals surface area contributed by atoms with Crippen LogP contribution >= 0.6 is 0 Å². The van der Waals surface area contributed by atoms with Gasteiger partial charge in [-0.25, -0.2) is 9.18 Å². The predicted molar refractivity (Wildman–Crippen MR) is 109 cm³/mol. The summed E-state index contributed by atoms with van der Waals surface area (Å²) in [6.45, 7) is -0.481. The number of ether oxygens (including phenoxy) is 1. The van der Waals surface area contributed by atoms with Crippen LogP contribution in [0.25, 0.3) is 0 Å². The lowest BCUT2D eigenvalue weighted by Gasteiger charge is -2.06. The van der Waals surface area contributed by atoms with Crippen LogP contribution in [-0.2, 0) is 11.2 Å². The van der Waals surface area contributed by atoms with E-state index < -0.39 is 29.1 Å². The molecule has 31 heavy (non-hydrogen) atoms. The third-order valence-corrected chi connectivity index (χ3v) is 4.45. The first kappa shape index (κ1) is 21.5. The molecule has 0 saturated heterocycles. The van der Waals surface area contributed by atoms with Crippen molar-refractivity contribution in [2.45, 2.75) is 6.42 Å². The molecule has 0 amide bonds. The molecular formula is C23H16FNO6. The molecule has 8 heteroatoms. The number of Topliss-reactive ketones (excluding diaryl/α,β-unsaturated/α-hetero) is 2. The lowest BCUT2D eigenvalue weighted by atomic mass is 10.0. The van der Waals surface area contributed by atoms with Crippen LogP contribution in [-0.4, -0.2) is 29.1 Å². The highest BCUT2D eigenvalue weighted by Crippen LogP contribution is 2.15. The molecule has 0 unspecified atom stereocenters. The summed E-state index contributed by atoms with van der Waals surface area (Å²) in [6, 6.07) is 16.3. The molecule has 156 valence electrons. The van der Waals surface area contributed by atoms with E-state index in [0.717, 1.165) is 12.1 Å². The number of nitro groups is 1. The predicted octanol–water partition coefficient (Wildman–Crippen LogP) is 4.20. The first-order valence-corrected chi connectivity index (χ1v) is 9.16. The Morgan fingerprint density at radius 2 is 1.29 bits per heavy atom. The number of carbonyl (C=O) groups excluding carboxylic acids is 3. The second kappa shape index (κ2) is 9.53. The number of hydrogen-bond acceptors (Lipinski definition) is 6. The van der Waals surface area contributed by atoms with Gasteiger partial charge in [0.1, 0.15) is 5.82 Å². The zero-order chi connectivity index (χ0) is 22.4. The zero-order valence-corrected chi connectivity index (χ0v) is 16.1. The minimum atomic E-state index is -0.705. The Labute approximate surface area is 176 Å². The number of non-ortho nitro benzene ring substituents is 1. The van der Waals surface area contributed by atoms with Crippen LogP contribution in [0.15, 0.2) is 72.8 Å². The van der Waals surface area contributed by atoms with Gasteiger partial charge in [0.25, 0.3) is 5.69 Å². The second-order valence-electron chi connectivity index (χ2n) is 6.61. The summed E-state index contributed by atoms with van der Waals surface area (Å²) in [5, 5.41) is 10.7. The molecule has 0 heterocycles. The van der Waals surface area contributed by atoms with Crippen molar-refractivity contribution in [1.82, 2.24) is 0 Å². The van der Waals surface area contributed by atoms with Gasteiger partial charge in [0, 0.05) is 29.7 Å². The maximum atomic E-state index is 12.9. The number of nitrogens with zero attached hydrogens (tertiary/aromatic N) is 1. The van der Waals surface area contributed by atoms with Gasteiger partial charge in [-0.1, -0.05) is 12.1 Å². The fourth-order valence-corrected chi connectivity index (χ4v) is 2.75. The minimum absolute atomic E-state index is 0.0518. The van der Waals surface area contributed by atoms with E-state index in [1.807, 2.05) is 0 Å². The maximum absolute atomic E-state index is 12.9. The molecular weight excluding hydrogens is 405 g/mol. The van der Waals surface area contributed by atoms with Gasteiger partial charge >= 0.3 is 5.97 Å². The Morgan fingerprint density at radius 3 is 1.87 bits per heavy atom. The first-order valence-electron chi connectivity index (χ1n) is 9.16. The summed E-state index contributed by atoms with van der Waals surface area (Å²) in [6.07, 6.45) is 0.0518. The minimum Gasteiger partial charge on any atom is -0.454 e. The molecule has 0 saturated carbocycles. The Hall–Kier alpha value is -4.20. The quantitative estimate of drug-likeness (QED) is 0.234. The van der Waals surface area contributed by atoms with Gasteiger partial charge in [-0.05, 0) is 54.1 Å². The molecule has 0 aliphatic rings. The van der Waals surface area contributed by atoms with E-state index in [1.54, 1.807) is 12.1 Å². The van der Waals surface area contributed by atoms with Gasteiger partial charge in [-0.2, -0.15) is 0 Å². The van der Waals surface area contributed by atoms with Gasteiger partial charge < -0.3 is 4.74 Å². The lowest BCUT2D eigenvalue weighted by molar-refractivity contribution is -0.384. The number of carbonyl (C=O) groups is 3. The molecule has 0 fully saturated rings. The largest absolute Gasteiger partial charge is 0.454 e. The molecule has 7 nitrogen and oxygen atoms in total. The number of rotatable bonds is 8. The van der Waals surface area contributed by atoms with Gasteiger partial charge in [0.2, 0.25) is 0 Å². The number of esters is 1. The number of ketones is 2. The van der Waals surface area contributed by atoms with Gasteiger partial charge in [0.05, 0.1) is 10.5 Å². The zero-order valence-electron chi connectivity index (χ0n) is 16.1. The van der Waals surface area contributed by atoms with Crippen LogP contribution in [0.1, 0.15) is 36.6 Å². The van der Waals surface area contributed by atoms with Crippen molar-refractivity contribution in [3.05, 3.63) is 111 Å². The maximum Gasteiger partial charge on any atom is 0.338 e. The van der Waals surface area contributed by atoms with E-state index in [4.69, 9.17) is 4.74 Å². The molecule has 0 aliphatic carbocycles. The fourth-order valence-electron chi connectivity index (χ4n) is 2.75. The van der Waals surface area contributed by atoms with Crippen molar-refractivity contribution in [2.75, 3.05) is 6.61 Å². The standard InChI is InChI=1S/C23H16FNO6/c24-19-9-5-17(6-10-19)22(27)14-31-23(28)18-3-1-15(2-4-18)13-21(26)16-7-11-20(12-8-16)25(29)30/h1-12H,13-14H2. The van der Waals surface area contributed by atoms with Crippen LogP contribution in [0.5, 0.6) is 0 Å². The van der Waals surface area contributed by atoms with Crippen LogP contribution in [0.3, 0.4) is 0 Å². The fraction of sp³-hybridized carbons (Fsp3) is 0.0870. The summed E-state index contributed by atoms with van der Waals surface area (Å²) in [5.41, 5.74) is 1.32. The third kappa shape index (κ3) is 5.66. The van der Waals surface area contributed by atoms with Crippen LogP contribution in [0.4, 0.5) is 10.1 Å². The Bertz CT molecular complexity index is 1120. The van der Waals surface area contributed by atoms with Crippen molar-refractivity contribution < 1.29 is 28.4 Å². The highest BCUT2D eigenvalue weighted by atomic mass is 19.1. The van der Waals surface area contributed by atoms with Crippen molar-refractivity contribution in [2.24, 2.45) is 0 Å². The molecule has 0 bridgehead atoms.